The summed E-state index contributed by atoms with van der Waals surface area (Å²) in [4.78, 5) is 35.1. The fraction of sp³-hybridized carbons (Fsp3) is 0.429. The minimum atomic E-state index is -1.07. The molecule has 1 amide bonds. The average Bonchev–Trinajstić information content (AvgIpc) is 2.97. The second-order valence-corrected chi connectivity index (χ2v) is 5.59. The predicted octanol–water partition coefficient (Wildman–Crippen LogP) is 2.09. The fourth-order valence-corrected chi connectivity index (χ4v) is 2.66. The molecule has 1 saturated heterocycles. The van der Waals surface area contributed by atoms with E-state index in [-0.39, 0.29) is 16.5 Å². The Morgan fingerprint density at radius 1 is 1.52 bits per heavy atom. The summed E-state index contributed by atoms with van der Waals surface area (Å²) in [6, 6.07) is 2.97. The van der Waals surface area contributed by atoms with Crippen molar-refractivity contribution in [3.05, 3.63) is 33.3 Å². The minimum absolute atomic E-state index is 0.0914. The number of nitro benzene ring substituents is 1. The van der Waals surface area contributed by atoms with Gasteiger partial charge in [-0.05, 0) is 31.9 Å². The van der Waals surface area contributed by atoms with Crippen LogP contribution in [0.5, 0.6) is 5.75 Å². The van der Waals surface area contributed by atoms with Gasteiger partial charge in [0.25, 0.3) is 5.91 Å². The monoisotopic (exact) mass is 342 g/mol. The molecule has 0 spiro atoms. The van der Waals surface area contributed by atoms with Crippen molar-refractivity contribution in [2.75, 3.05) is 6.54 Å². The van der Waals surface area contributed by atoms with Crippen molar-refractivity contribution in [2.45, 2.75) is 31.9 Å². The highest BCUT2D eigenvalue weighted by molar-refractivity contribution is 6.30. The average molecular weight is 343 g/mol. The van der Waals surface area contributed by atoms with Crippen LogP contribution in [0.3, 0.4) is 0 Å². The molecule has 1 unspecified atom stereocenters. The number of hydrogen-bond acceptors (Lipinski definition) is 5. The Hall–Kier alpha value is -2.35. The SMILES string of the molecule is CC(Oc1ccc(Cl)cc1[N+](=O)[O-])C(=O)N1CCC[C@@H]1C(=O)O. The Labute approximate surface area is 136 Å². The maximum absolute atomic E-state index is 12.4. The van der Waals surface area contributed by atoms with Crippen LogP contribution in [0, 0.1) is 10.1 Å². The molecule has 0 radical (unpaired) electrons. The molecule has 1 aromatic carbocycles. The Balaban J connectivity index is 2.16. The van der Waals surface area contributed by atoms with Crippen molar-refractivity contribution in [2.24, 2.45) is 0 Å². The lowest BCUT2D eigenvalue weighted by Gasteiger charge is -2.25. The summed E-state index contributed by atoms with van der Waals surface area (Å²) < 4.78 is 5.38. The first-order valence-electron chi connectivity index (χ1n) is 6.95. The third kappa shape index (κ3) is 3.70. The number of amides is 1. The van der Waals surface area contributed by atoms with Crippen LogP contribution < -0.4 is 4.74 Å². The number of carboxylic acids is 1. The molecule has 1 N–H and O–H groups in total. The second kappa shape index (κ2) is 6.82. The zero-order valence-corrected chi connectivity index (χ0v) is 13.0. The van der Waals surface area contributed by atoms with Gasteiger partial charge in [-0.1, -0.05) is 11.6 Å². The number of carboxylic acid groups (broad SMARTS) is 1. The first-order valence-corrected chi connectivity index (χ1v) is 7.33. The normalized spacial score (nSPS) is 18.5. The third-order valence-corrected chi connectivity index (χ3v) is 3.83. The predicted molar refractivity (Wildman–Crippen MR) is 80.6 cm³/mol. The number of benzene rings is 1. The van der Waals surface area contributed by atoms with E-state index in [0.717, 1.165) is 6.07 Å². The zero-order chi connectivity index (χ0) is 17.1. The van der Waals surface area contributed by atoms with E-state index in [9.17, 15) is 19.7 Å². The lowest BCUT2D eigenvalue weighted by atomic mass is 10.2. The van der Waals surface area contributed by atoms with Crippen LogP contribution >= 0.6 is 11.6 Å². The Morgan fingerprint density at radius 3 is 2.83 bits per heavy atom. The van der Waals surface area contributed by atoms with E-state index in [2.05, 4.69) is 0 Å². The van der Waals surface area contributed by atoms with Gasteiger partial charge in [0, 0.05) is 17.6 Å². The van der Waals surface area contributed by atoms with E-state index in [0.29, 0.717) is 19.4 Å². The van der Waals surface area contributed by atoms with Crippen molar-refractivity contribution in [3.8, 4) is 5.75 Å². The summed E-state index contributed by atoms with van der Waals surface area (Å²) in [5, 5.41) is 20.3. The Bertz CT molecular complexity index is 650. The maximum atomic E-state index is 12.4. The Morgan fingerprint density at radius 2 is 2.22 bits per heavy atom. The maximum Gasteiger partial charge on any atom is 0.326 e. The number of nitro groups is 1. The number of aliphatic carboxylic acids is 1. The number of hydrogen-bond donors (Lipinski definition) is 1. The standard InChI is InChI=1S/C14H15ClN2O6/c1-8(13(18)16-6-2-3-10(16)14(19)20)23-12-5-4-9(15)7-11(12)17(21)22/h4-5,7-8,10H,2-3,6H2,1H3,(H,19,20)/t8?,10-/m1/s1. The Kier molecular flexibility index (Phi) is 5.05. The molecule has 8 nitrogen and oxygen atoms in total. The molecule has 1 aliphatic rings. The summed E-state index contributed by atoms with van der Waals surface area (Å²) in [6.45, 7) is 1.75. The highest BCUT2D eigenvalue weighted by Crippen LogP contribution is 2.31. The zero-order valence-electron chi connectivity index (χ0n) is 12.3. The summed E-state index contributed by atoms with van der Waals surface area (Å²) in [5.74, 6) is -1.68. The van der Waals surface area contributed by atoms with Gasteiger partial charge in [-0.25, -0.2) is 4.79 Å². The van der Waals surface area contributed by atoms with Crippen LogP contribution in [-0.4, -0.2) is 45.5 Å². The molecule has 1 fully saturated rings. The van der Waals surface area contributed by atoms with Crippen molar-refractivity contribution in [3.63, 3.8) is 0 Å². The van der Waals surface area contributed by atoms with Crippen molar-refractivity contribution in [1.29, 1.82) is 0 Å². The van der Waals surface area contributed by atoms with Gasteiger partial charge in [-0.15, -0.1) is 0 Å². The highest BCUT2D eigenvalue weighted by Gasteiger charge is 2.37. The first-order chi connectivity index (χ1) is 10.8. The molecule has 2 atom stereocenters. The molecule has 9 heteroatoms. The van der Waals surface area contributed by atoms with Gasteiger partial charge in [0.05, 0.1) is 4.92 Å². The molecule has 2 rings (SSSR count). The minimum Gasteiger partial charge on any atom is -0.480 e. The number of halogens is 1. The van der Waals surface area contributed by atoms with Gasteiger partial charge in [0.15, 0.2) is 11.9 Å². The van der Waals surface area contributed by atoms with Crippen LogP contribution in [0.2, 0.25) is 5.02 Å². The van der Waals surface area contributed by atoms with Crippen molar-refractivity contribution >= 4 is 29.2 Å². The summed E-state index contributed by atoms with van der Waals surface area (Å²) >= 11 is 5.72. The fourth-order valence-electron chi connectivity index (χ4n) is 2.49. The van der Waals surface area contributed by atoms with E-state index >= 15 is 0 Å². The second-order valence-electron chi connectivity index (χ2n) is 5.16. The van der Waals surface area contributed by atoms with Crippen molar-refractivity contribution < 1.29 is 24.4 Å². The summed E-state index contributed by atoms with van der Waals surface area (Å²) in [7, 11) is 0. The quantitative estimate of drug-likeness (QED) is 0.648. The topological polar surface area (TPSA) is 110 Å². The molecule has 124 valence electrons. The summed E-state index contributed by atoms with van der Waals surface area (Å²) in [5.41, 5.74) is -0.353. The van der Waals surface area contributed by atoms with Gasteiger partial charge in [-0.3, -0.25) is 14.9 Å². The number of rotatable bonds is 5. The molecular formula is C14H15ClN2O6. The molecular weight excluding hydrogens is 328 g/mol. The molecule has 0 aliphatic carbocycles. The van der Waals surface area contributed by atoms with Crippen LogP contribution in [0.4, 0.5) is 5.69 Å². The van der Waals surface area contributed by atoms with E-state index in [1.165, 1.54) is 24.0 Å². The summed E-state index contributed by atoms with van der Waals surface area (Å²) in [6.07, 6.45) is -0.0689. The third-order valence-electron chi connectivity index (χ3n) is 3.59. The van der Waals surface area contributed by atoms with E-state index in [1.54, 1.807) is 0 Å². The molecule has 1 heterocycles. The molecule has 0 saturated carbocycles. The van der Waals surface area contributed by atoms with Gasteiger partial charge in [0.2, 0.25) is 0 Å². The molecule has 23 heavy (non-hydrogen) atoms. The van der Waals surface area contributed by atoms with E-state index in [1.807, 2.05) is 0 Å². The smallest absolute Gasteiger partial charge is 0.326 e. The van der Waals surface area contributed by atoms with E-state index < -0.39 is 28.9 Å². The van der Waals surface area contributed by atoms with Gasteiger partial charge < -0.3 is 14.7 Å². The first kappa shape index (κ1) is 17.0. The van der Waals surface area contributed by atoms with Crippen LogP contribution in [-0.2, 0) is 9.59 Å². The molecule has 0 bridgehead atoms. The van der Waals surface area contributed by atoms with Crippen LogP contribution in [0.25, 0.3) is 0 Å². The lowest BCUT2D eigenvalue weighted by Crippen LogP contribution is -2.46. The van der Waals surface area contributed by atoms with Crippen LogP contribution in [0.1, 0.15) is 19.8 Å². The number of likely N-dealkylation sites (tertiary alicyclic amines) is 1. The van der Waals surface area contributed by atoms with Gasteiger partial charge >= 0.3 is 11.7 Å². The molecule has 1 aromatic rings. The highest BCUT2D eigenvalue weighted by atomic mass is 35.5. The van der Waals surface area contributed by atoms with Crippen molar-refractivity contribution in [1.82, 2.24) is 4.90 Å². The largest absolute Gasteiger partial charge is 0.480 e. The number of ether oxygens (including phenoxy) is 1. The lowest BCUT2D eigenvalue weighted by molar-refractivity contribution is -0.386. The number of carbonyl (C=O) groups excluding carboxylic acids is 1. The molecule has 1 aliphatic heterocycles. The van der Waals surface area contributed by atoms with Crippen LogP contribution in [0.15, 0.2) is 18.2 Å². The van der Waals surface area contributed by atoms with Gasteiger partial charge in [0.1, 0.15) is 6.04 Å². The van der Waals surface area contributed by atoms with Gasteiger partial charge in [-0.2, -0.15) is 0 Å². The number of nitrogens with zero attached hydrogens (tertiary/aromatic N) is 2. The van der Waals surface area contributed by atoms with E-state index in [4.69, 9.17) is 21.4 Å². The number of carbonyl (C=O) groups is 2. The molecule has 0 aromatic heterocycles.